The maximum absolute atomic E-state index is 12.2. The molecule has 1 aromatic carbocycles. The van der Waals surface area contributed by atoms with Crippen LogP contribution < -0.4 is 19.9 Å². The monoisotopic (exact) mass is 344 g/mol. The molecule has 1 atom stereocenters. The molecular weight excluding hydrogens is 324 g/mol. The predicted molar refractivity (Wildman–Crippen MR) is 90.1 cm³/mol. The van der Waals surface area contributed by atoms with E-state index in [9.17, 15) is 10.1 Å². The first-order valence-electron chi connectivity index (χ1n) is 7.48. The molecule has 0 aromatic heterocycles. The Morgan fingerprint density at radius 3 is 2.16 bits per heavy atom. The fraction of sp³-hybridized carbons (Fsp3) is 0.333. The smallest absolute Gasteiger partial charge is 0.205 e. The number of rotatable bonds is 5. The number of hydrogen-bond acceptors (Lipinski definition) is 7. The van der Waals surface area contributed by atoms with E-state index in [2.05, 4.69) is 0 Å². The number of carbonyl (C=O) groups is 1. The van der Waals surface area contributed by atoms with Crippen molar-refractivity contribution in [1.82, 2.24) is 0 Å². The van der Waals surface area contributed by atoms with Crippen LogP contribution in [0, 0.1) is 11.3 Å². The average molecular weight is 344 g/mol. The Labute approximate surface area is 146 Å². The fourth-order valence-electron chi connectivity index (χ4n) is 2.94. The van der Waals surface area contributed by atoms with E-state index in [4.69, 9.17) is 24.7 Å². The van der Waals surface area contributed by atoms with Crippen molar-refractivity contribution in [3.05, 3.63) is 40.5 Å². The lowest BCUT2D eigenvalue weighted by Gasteiger charge is -2.27. The zero-order valence-electron chi connectivity index (χ0n) is 14.8. The van der Waals surface area contributed by atoms with Gasteiger partial charge in [0.05, 0.1) is 27.2 Å². The van der Waals surface area contributed by atoms with Crippen LogP contribution in [0.3, 0.4) is 0 Å². The molecule has 0 amide bonds. The second-order valence-electron chi connectivity index (χ2n) is 5.41. The molecule has 1 heterocycles. The number of methoxy groups -OCH3 is 3. The molecule has 1 aliphatic heterocycles. The van der Waals surface area contributed by atoms with Crippen molar-refractivity contribution >= 4 is 5.78 Å². The van der Waals surface area contributed by atoms with Gasteiger partial charge in [-0.1, -0.05) is 0 Å². The van der Waals surface area contributed by atoms with Gasteiger partial charge in [0.2, 0.25) is 11.6 Å². The standard InChI is InChI=1S/C18H20N2O5/c1-9(21)15-10(2)25-18(20)12(8-19)16(15)11-6-13(22-3)17(24-5)14(7-11)23-4/h6-7,16H,20H2,1-5H3. The first-order chi connectivity index (χ1) is 11.9. The lowest BCUT2D eigenvalue weighted by Crippen LogP contribution is -2.23. The van der Waals surface area contributed by atoms with Crippen molar-refractivity contribution in [3.8, 4) is 23.3 Å². The molecule has 2 N–H and O–H groups in total. The van der Waals surface area contributed by atoms with Crippen LogP contribution in [0.4, 0.5) is 0 Å². The predicted octanol–water partition coefficient (Wildman–Crippen LogP) is 2.38. The number of Topliss-reactive ketones (excluding diaryl/α,β-unsaturated/α-hetero) is 1. The summed E-state index contributed by atoms with van der Waals surface area (Å²) in [5.74, 6) is 0.703. The molecule has 25 heavy (non-hydrogen) atoms. The molecule has 0 bridgehead atoms. The van der Waals surface area contributed by atoms with Gasteiger partial charge in [-0.2, -0.15) is 5.26 Å². The van der Waals surface area contributed by atoms with Gasteiger partial charge in [-0.25, -0.2) is 0 Å². The van der Waals surface area contributed by atoms with Gasteiger partial charge in [0.15, 0.2) is 17.3 Å². The molecule has 1 aliphatic rings. The summed E-state index contributed by atoms with van der Waals surface area (Å²) in [6.07, 6.45) is 0. The number of ketones is 1. The van der Waals surface area contributed by atoms with Crippen molar-refractivity contribution in [1.29, 1.82) is 5.26 Å². The van der Waals surface area contributed by atoms with Crippen LogP contribution in [0.2, 0.25) is 0 Å². The van der Waals surface area contributed by atoms with Crippen LogP contribution in [-0.4, -0.2) is 27.1 Å². The normalized spacial score (nSPS) is 16.9. The number of benzene rings is 1. The molecule has 7 heteroatoms. The Balaban J connectivity index is 2.77. The average Bonchev–Trinajstić information content (AvgIpc) is 2.59. The molecule has 0 radical (unpaired) electrons. The van der Waals surface area contributed by atoms with Gasteiger partial charge in [-0.3, -0.25) is 4.79 Å². The fourth-order valence-corrected chi connectivity index (χ4v) is 2.94. The zero-order chi connectivity index (χ0) is 18.7. The minimum Gasteiger partial charge on any atom is -0.493 e. The number of ether oxygens (including phenoxy) is 4. The zero-order valence-corrected chi connectivity index (χ0v) is 14.8. The third kappa shape index (κ3) is 3.11. The van der Waals surface area contributed by atoms with E-state index in [1.807, 2.05) is 6.07 Å². The highest BCUT2D eigenvalue weighted by Gasteiger charge is 2.35. The number of nitriles is 1. The van der Waals surface area contributed by atoms with Gasteiger partial charge in [-0.05, 0) is 31.5 Å². The van der Waals surface area contributed by atoms with Crippen molar-refractivity contribution in [2.75, 3.05) is 21.3 Å². The molecule has 132 valence electrons. The molecule has 1 unspecified atom stereocenters. The maximum atomic E-state index is 12.2. The van der Waals surface area contributed by atoms with E-state index in [1.165, 1.54) is 28.3 Å². The van der Waals surface area contributed by atoms with E-state index in [0.717, 1.165) is 0 Å². The summed E-state index contributed by atoms with van der Waals surface area (Å²) < 4.78 is 21.4. The summed E-state index contributed by atoms with van der Waals surface area (Å²) in [6, 6.07) is 5.43. The molecule has 0 aliphatic carbocycles. The Morgan fingerprint density at radius 2 is 1.76 bits per heavy atom. The van der Waals surface area contributed by atoms with E-state index >= 15 is 0 Å². The van der Waals surface area contributed by atoms with E-state index < -0.39 is 5.92 Å². The molecule has 7 nitrogen and oxygen atoms in total. The minimum atomic E-state index is -0.676. The highest BCUT2D eigenvalue weighted by atomic mass is 16.5. The van der Waals surface area contributed by atoms with Crippen LogP contribution >= 0.6 is 0 Å². The van der Waals surface area contributed by atoms with Crippen molar-refractivity contribution < 1.29 is 23.7 Å². The van der Waals surface area contributed by atoms with Crippen molar-refractivity contribution in [3.63, 3.8) is 0 Å². The molecule has 2 rings (SSSR count). The van der Waals surface area contributed by atoms with Gasteiger partial charge in [0, 0.05) is 5.57 Å². The van der Waals surface area contributed by atoms with Gasteiger partial charge in [0.1, 0.15) is 17.4 Å². The number of nitrogens with zero attached hydrogens (tertiary/aromatic N) is 1. The summed E-state index contributed by atoms with van der Waals surface area (Å²) in [5.41, 5.74) is 7.00. The van der Waals surface area contributed by atoms with Gasteiger partial charge < -0.3 is 24.7 Å². The van der Waals surface area contributed by atoms with Crippen LogP contribution in [0.5, 0.6) is 17.2 Å². The summed E-state index contributed by atoms with van der Waals surface area (Å²) in [5, 5.41) is 9.54. The number of nitrogens with two attached hydrogens (primary N) is 1. The van der Waals surface area contributed by atoms with Crippen LogP contribution in [0.1, 0.15) is 25.3 Å². The summed E-state index contributed by atoms with van der Waals surface area (Å²) in [7, 11) is 4.49. The van der Waals surface area contributed by atoms with E-state index in [0.29, 0.717) is 34.1 Å². The van der Waals surface area contributed by atoms with Gasteiger partial charge in [-0.15, -0.1) is 0 Å². The van der Waals surface area contributed by atoms with E-state index in [1.54, 1.807) is 19.1 Å². The summed E-state index contributed by atoms with van der Waals surface area (Å²) >= 11 is 0. The Hall–Kier alpha value is -3.14. The quantitative estimate of drug-likeness (QED) is 0.874. The first kappa shape index (κ1) is 18.2. The largest absolute Gasteiger partial charge is 0.493 e. The van der Waals surface area contributed by atoms with Crippen LogP contribution in [0.25, 0.3) is 0 Å². The molecule has 0 saturated carbocycles. The van der Waals surface area contributed by atoms with Crippen molar-refractivity contribution in [2.45, 2.75) is 19.8 Å². The highest BCUT2D eigenvalue weighted by molar-refractivity contribution is 5.96. The first-order valence-corrected chi connectivity index (χ1v) is 7.48. The van der Waals surface area contributed by atoms with E-state index in [-0.39, 0.29) is 17.2 Å². The van der Waals surface area contributed by atoms with Gasteiger partial charge in [0.25, 0.3) is 0 Å². The highest BCUT2D eigenvalue weighted by Crippen LogP contribution is 2.45. The molecular formula is C18H20N2O5. The molecule has 0 saturated heterocycles. The Morgan fingerprint density at radius 1 is 1.20 bits per heavy atom. The third-order valence-electron chi connectivity index (χ3n) is 4.01. The topological polar surface area (TPSA) is 104 Å². The molecule has 0 spiro atoms. The number of carbonyl (C=O) groups excluding carboxylic acids is 1. The number of hydrogen-bond donors (Lipinski definition) is 1. The minimum absolute atomic E-state index is 0.0243. The SMILES string of the molecule is COc1cc(C2C(C#N)=C(N)OC(C)=C2C(C)=O)cc(OC)c1OC. The molecule has 0 fully saturated rings. The Bertz CT molecular complexity index is 792. The van der Waals surface area contributed by atoms with Gasteiger partial charge >= 0.3 is 0 Å². The molecule has 1 aromatic rings. The van der Waals surface area contributed by atoms with Crippen molar-refractivity contribution in [2.24, 2.45) is 5.73 Å². The second-order valence-corrected chi connectivity index (χ2v) is 5.41. The summed E-state index contributed by atoms with van der Waals surface area (Å²) in [6.45, 7) is 3.06. The Kier molecular flexibility index (Phi) is 5.22. The van der Waals surface area contributed by atoms with Crippen LogP contribution in [-0.2, 0) is 9.53 Å². The lowest BCUT2D eigenvalue weighted by molar-refractivity contribution is -0.114. The lowest BCUT2D eigenvalue weighted by atomic mass is 9.81. The third-order valence-corrected chi connectivity index (χ3v) is 4.01. The summed E-state index contributed by atoms with van der Waals surface area (Å²) in [4.78, 5) is 12.2. The number of allylic oxidation sites excluding steroid dienone is 3. The second kappa shape index (κ2) is 7.18. The maximum Gasteiger partial charge on any atom is 0.205 e. The van der Waals surface area contributed by atoms with Crippen LogP contribution in [0.15, 0.2) is 34.9 Å².